The van der Waals surface area contributed by atoms with Crippen LogP contribution in [0.5, 0.6) is 5.75 Å². The third-order valence-electron chi connectivity index (χ3n) is 2.11. The number of rotatable bonds is 6. The second-order valence-electron chi connectivity index (χ2n) is 3.45. The van der Waals surface area contributed by atoms with Crippen molar-refractivity contribution in [1.29, 1.82) is 0 Å². The highest BCUT2D eigenvalue weighted by atomic mass is 79.9. The van der Waals surface area contributed by atoms with Crippen LogP contribution < -0.4 is 16.0 Å². The fourth-order valence-electron chi connectivity index (χ4n) is 1.23. The molecule has 1 aromatic rings. The van der Waals surface area contributed by atoms with Crippen LogP contribution in [0, 0.1) is 5.82 Å². The summed E-state index contributed by atoms with van der Waals surface area (Å²) in [6.45, 7) is 0.366. The lowest BCUT2D eigenvalue weighted by molar-refractivity contribution is -0.121. The molecule has 0 heterocycles. The number of hydrazine groups is 1. The molecule has 0 saturated carbocycles. The van der Waals surface area contributed by atoms with E-state index in [1.165, 1.54) is 6.07 Å². The monoisotopic (exact) mass is 304 g/mol. The number of carbonyl (C=O) groups excluding carboxylic acids is 1. The predicted octanol–water partition coefficient (Wildman–Crippen LogP) is 2.13. The van der Waals surface area contributed by atoms with E-state index in [0.29, 0.717) is 25.9 Å². The number of halogens is 2. The van der Waals surface area contributed by atoms with Gasteiger partial charge in [0.15, 0.2) is 11.6 Å². The number of amides is 1. The molecule has 4 nitrogen and oxygen atoms in total. The third kappa shape index (κ3) is 5.14. The molecule has 1 aromatic carbocycles. The first-order valence-corrected chi connectivity index (χ1v) is 6.00. The van der Waals surface area contributed by atoms with Crippen LogP contribution in [-0.4, -0.2) is 12.5 Å². The van der Waals surface area contributed by atoms with Gasteiger partial charge in [-0.3, -0.25) is 10.2 Å². The summed E-state index contributed by atoms with van der Waals surface area (Å²) in [5.74, 6) is 4.53. The Labute approximate surface area is 107 Å². The highest BCUT2D eigenvalue weighted by molar-refractivity contribution is 9.10. The van der Waals surface area contributed by atoms with Crippen molar-refractivity contribution in [3.05, 3.63) is 28.5 Å². The SMILES string of the molecule is NNC(=O)CCCCOc1cc(Br)ccc1F. The average Bonchev–Trinajstić information content (AvgIpc) is 2.32. The Morgan fingerprint density at radius 2 is 2.24 bits per heavy atom. The van der Waals surface area contributed by atoms with E-state index in [1.807, 2.05) is 5.43 Å². The van der Waals surface area contributed by atoms with Crippen LogP contribution in [0.2, 0.25) is 0 Å². The molecule has 94 valence electrons. The van der Waals surface area contributed by atoms with E-state index in [1.54, 1.807) is 12.1 Å². The fraction of sp³-hybridized carbons (Fsp3) is 0.364. The highest BCUT2D eigenvalue weighted by Gasteiger charge is 2.04. The van der Waals surface area contributed by atoms with Gasteiger partial charge in [0.05, 0.1) is 6.61 Å². The summed E-state index contributed by atoms with van der Waals surface area (Å²) in [5.41, 5.74) is 2.04. The molecule has 0 radical (unpaired) electrons. The van der Waals surface area contributed by atoms with Crippen LogP contribution in [0.3, 0.4) is 0 Å². The lowest BCUT2D eigenvalue weighted by Crippen LogP contribution is -2.29. The van der Waals surface area contributed by atoms with Crippen LogP contribution in [0.1, 0.15) is 19.3 Å². The molecule has 0 aliphatic heterocycles. The minimum absolute atomic E-state index is 0.210. The van der Waals surface area contributed by atoms with Gasteiger partial charge in [0.2, 0.25) is 5.91 Å². The molecule has 0 unspecified atom stereocenters. The van der Waals surface area contributed by atoms with Gasteiger partial charge < -0.3 is 4.74 Å². The molecule has 0 atom stereocenters. The van der Waals surface area contributed by atoms with E-state index in [0.717, 1.165) is 4.47 Å². The second-order valence-corrected chi connectivity index (χ2v) is 4.36. The van der Waals surface area contributed by atoms with Gasteiger partial charge in [-0.15, -0.1) is 0 Å². The molecule has 1 rings (SSSR count). The highest BCUT2D eigenvalue weighted by Crippen LogP contribution is 2.22. The molecule has 0 aliphatic carbocycles. The maximum atomic E-state index is 13.2. The first-order chi connectivity index (χ1) is 8.13. The standard InChI is InChI=1S/C11H14BrFN2O2/c12-8-4-5-9(13)10(7-8)17-6-2-1-3-11(16)15-14/h4-5,7H,1-3,6,14H2,(H,15,16). The number of ether oxygens (including phenoxy) is 1. The minimum Gasteiger partial charge on any atom is -0.490 e. The van der Waals surface area contributed by atoms with Gasteiger partial charge in [-0.2, -0.15) is 0 Å². The number of carbonyl (C=O) groups is 1. The first kappa shape index (κ1) is 13.9. The Balaban J connectivity index is 2.26. The number of unbranched alkanes of at least 4 members (excludes halogenated alkanes) is 1. The molecule has 0 saturated heterocycles. The predicted molar refractivity (Wildman–Crippen MR) is 65.8 cm³/mol. The van der Waals surface area contributed by atoms with Crippen LogP contribution in [-0.2, 0) is 4.79 Å². The van der Waals surface area contributed by atoms with Crippen molar-refractivity contribution in [2.24, 2.45) is 5.84 Å². The van der Waals surface area contributed by atoms with Gasteiger partial charge in [0.1, 0.15) is 0 Å². The Hall–Kier alpha value is -1.14. The number of nitrogens with two attached hydrogens (primary N) is 1. The van der Waals surface area contributed by atoms with E-state index in [-0.39, 0.29) is 11.7 Å². The van der Waals surface area contributed by atoms with Gasteiger partial charge in [-0.05, 0) is 31.0 Å². The van der Waals surface area contributed by atoms with Crippen molar-refractivity contribution in [2.75, 3.05) is 6.61 Å². The number of hydrogen-bond donors (Lipinski definition) is 2. The van der Waals surface area contributed by atoms with Gasteiger partial charge in [-0.1, -0.05) is 15.9 Å². The van der Waals surface area contributed by atoms with Crippen LogP contribution in [0.4, 0.5) is 4.39 Å². The Bertz CT molecular complexity index is 388. The molecular weight excluding hydrogens is 291 g/mol. The Kier molecular flexibility index (Phi) is 5.93. The summed E-state index contributed by atoms with van der Waals surface area (Å²) in [7, 11) is 0. The molecule has 0 spiro atoms. The average molecular weight is 305 g/mol. The molecule has 0 aromatic heterocycles. The van der Waals surface area contributed by atoms with E-state index >= 15 is 0 Å². The summed E-state index contributed by atoms with van der Waals surface area (Å²) >= 11 is 3.23. The Morgan fingerprint density at radius 1 is 1.47 bits per heavy atom. The zero-order valence-corrected chi connectivity index (χ0v) is 10.8. The van der Waals surface area contributed by atoms with Crippen LogP contribution in [0.15, 0.2) is 22.7 Å². The van der Waals surface area contributed by atoms with E-state index in [2.05, 4.69) is 15.9 Å². The van der Waals surface area contributed by atoms with Crippen molar-refractivity contribution < 1.29 is 13.9 Å². The molecule has 0 bridgehead atoms. The number of hydrogen-bond acceptors (Lipinski definition) is 3. The van der Waals surface area contributed by atoms with E-state index < -0.39 is 5.82 Å². The van der Waals surface area contributed by atoms with Crippen molar-refractivity contribution >= 4 is 21.8 Å². The Morgan fingerprint density at radius 3 is 2.94 bits per heavy atom. The zero-order valence-electron chi connectivity index (χ0n) is 9.21. The lowest BCUT2D eigenvalue weighted by Gasteiger charge is -2.07. The van der Waals surface area contributed by atoms with Crippen molar-refractivity contribution in [3.63, 3.8) is 0 Å². The topological polar surface area (TPSA) is 64.3 Å². The largest absolute Gasteiger partial charge is 0.490 e. The maximum Gasteiger partial charge on any atom is 0.233 e. The number of nitrogens with one attached hydrogen (secondary N) is 1. The quantitative estimate of drug-likeness (QED) is 0.366. The fourth-order valence-corrected chi connectivity index (χ4v) is 1.57. The lowest BCUT2D eigenvalue weighted by atomic mass is 10.2. The van der Waals surface area contributed by atoms with Crippen molar-refractivity contribution in [3.8, 4) is 5.75 Å². The molecule has 1 amide bonds. The maximum absolute atomic E-state index is 13.2. The van der Waals surface area contributed by atoms with Crippen molar-refractivity contribution in [2.45, 2.75) is 19.3 Å². The number of benzene rings is 1. The summed E-state index contributed by atoms with van der Waals surface area (Å²) in [4.78, 5) is 10.8. The summed E-state index contributed by atoms with van der Waals surface area (Å²) in [6.07, 6.45) is 1.67. The van der Waals surface area contributed by atoms with Gasteiger partial charge >= 0.3 is 0 Å². The summed E-state index contributed by atoms with van der Waals surface area (Å²) in [6, 6.07) is 4.51. The summed E-state index contributed by atoms with van der Waals surface area (Å²) in [5, 5.41) is 0. The normalized spacial score (nSPS) is 10.1. The summed E-state index contributed by atoms with van der Waals surface area (Å²) < 4.78 is 19.3. The minimum atomic E-state index is -0.395. The first-order valence-electron chi connectivity index (χ1n) is 5.21. The molecular formula is C11H14BrFN2O2. The van der Waals surface area contributed by atoms with E-state index in [9.17, 15) is 9.18 Å². The zero-order chi connectivity index (χ0) is 12.7. The smallest absolute Gasteiger partial charge is 0.233 e. The molecule has 6 heteroatoms. The van der Waals surface area contributed by atoms with Gasteiger partial charge in [0.25, 0.3) is 0 Å². The molecule has 0 fully saturated rings. The second kappa shape index (κ2) is 7.24. The molecule has 0 aliphatic rings. The van der Waals surface area contributed by atoms with Gasteiger partial charge in [-0.25, -0.2) is 10.2 Å². The van der Waals surface area contributed by atoms with Crippen LogP contribution >= 0.6 is 15.9 Å². The van der Waals surface area contributed by atoms with Crippen LogP contribution in [0.25, 0.3) is 0 Å². The third-order valence-corrected chi connectivity index (χ3v) is 2.60. The van der Waals surface area contributed by atoms with Gasteiger partial charge in [0, 0.05) is 10.9 Å². The van der Waals surface area contributed by atoms with E-state index in [4.69, 9.17) is 10.6 Å². The van der Waals surface area contributed by atoms with Crippen molar-refractivity contribution in [1.82, 2.24) is 5.43 Å². The molecule has 17 heavy (non-hydrogen) atoms. The molecule has 3 N–H and O–H groups in total.